The molecule has 15 heavy (non-hydrogen) atoms. The number of nitrogens with one attached hydrogen (secondary N) is 1. The number of nitrogens with zero attached hydrogens (tertiary/aromatic N) is 1. The average Bonchev–Trinajstić information content (AvgIpc) is 2.27. The van der Waals surface area contributed by atoms with E-state index in [4.69, 9.17) is 4.74 Å². The van der Waals surface area contributed by atoms with Crippen molar-refractivity contribution in [1.82, 2.24) is 10.2 Å². The van der Waals surface area contributed by atoms with Gasteiger partial charge in [0.15, 0.2) is 0 Å². The van der Waals surface area contributed by atoms with Gasteiger partial charge in [-0.15, -0.1) is 0 Å². The number of aliphatic hydroxyl groups is 1. The largest absolute Gasteiger partial charge is 0.395 e. The number of hydrogen-bond donors (Lipinski definition) is 2. The minimum Gasteiger partial charge on any atom is -0.395 e. The number of aliphatic hydroxyl groups excluding tert-OH is 1. The lowest BCUT2D eigenvalue weighted by atomic mass is 9.97. The summed E-state index contributed by atoms with van der Waals surface area (Å²) in [6, 6.07) is 0.224. The minimum atomic E-state index is -0.154. The summed E-state index contributed by atoms with van der Waals surface area (Å²) in [4.78, 5) is 2.34. The second-order valence-electron chi connectivity index (χ2n) is 4.79. The number of methoxy groups -OCH3 is 1. The quantitative estimate of drug-likeness (QED) is 0.682. The summed E-state index contributed by atoms with van der Waals surface area (Å²) in [6.07, 6.45) is 0.875. The van der Waals surface area contributed by atoms with Gasteiger partial charge >= 0.3 is 0 Å². The SMILES string of the molecule is COC(C)(C)CC(CO)N1CCNCC1. The van der Waals surface area contributed by atoms with Crippen LogP contribution in [-0.2, 0) is 4.74 Å². The summed E-state index contributed by atoms with van der Waals surface area (Å²) < 4.78 is 5.41. The van der Waals surface area contributed by atoms with Crippen LogP contribution in [0.5, 0.6) is 0 Å². The third kappa shape index (κ3) is 4.07. The lowest BCUT2D eigenvalue weighted by Crippen LogP contribution is -2.51. The van der Waals surface area contributed by atoms with Gasteiger partial charge in [0.2, 0.25) is 0 Å². The fourth-order valence-electron chi connectivity index (χ4n) is 2.01. The molecule has 0 aromatic heterocycles. The van der Waals surface area contributed by atoms with Crippen molar-refractivity contribution in [2.75, 3.05) is 39.9 Å². The molecule has 0 amide bonds. The number of ether oxygens (including phenoxy) is 1. The zero-order valence-corrected chi connectivity index (χ0v) is 10.1. The molecule has 0 aliphatic carbocycles. The maximum atomic E-state index is 9.42. The molecule has 1 aliphatic rings. The molecule has 4 nitrogen and oxygen atoms in total. The second-order valence-corrected chi connectivity index (χ2v) is 4.79. The summed E-state index contributed by atoms with van der Waals surface area (Å²) >= 11 is 0. The highest BCUT2D eigenvalue weighted by molar-refractivity contribution is 4.82. The van der Waals surface area contributed by atoms with Crippen molar-refractivity contribution in [3.63, 3.8) is 0 Å². The molecular formula is C11H24N2O2. The molecular weight excluding hydrogens is 192 g/mol. The maximum Gasteiger partial charge on any atom is 0.0638 e. The molecule has 0 saturated carbocycles. The molecule has 1 saturated heterocycles. The van der Waals surface area contributed by atoms with Crippen LogP contribution in [0.15, 0.2) is 0 Å². The van der Waals surface area contributed by atoms with Crippen LogP contribution < -0.4 is 5.32 Å². The van der Waals surface area contributed by atoms with Crippen molar-refractivity contribution >= 4 is 0 Å². The van der Waals surface area contributed by atoms with Crippen LogP contribution in [0.1, 0.15) is 20.3 Å². The minimum absolute atomic E-state index is 0.154. The molecule has 4 heteroatoms. The average molecular weight is 216 g/mol. The van der Waals surface area contributed by atoms with E-state index in [1.165, 1.54) is 0 Å². The molecule has 0 bridgehead atoms. The normalized spacial score (nSPS) is 21.6. The monoisotopic (exact) mass is 216 g/mol. The van der Waals surface area contributed by atoms with E-state index in [9.17, 15) is 5.11 Å². The molecule has 1 aliphatic heterocycles. The highest BCUT2D eigenvalue weighted by Crippen LogP contribution is 2.19. The Bertz CT molecular complexity index is 179. The van der Waals surface area contributed by atoms with Crippen LogP contribution in [0.25, 0.3) is 0 Å². The first-order valence-electron chi connectivity index (χ1n) is 5.70. The van der Waals surface area contributed by atoms with E-state index >= 15 is 0 Å². The van der Waals surface area contributed by atoms with Gasteiger partial charge in [-0.1, -0.05) is 0 Å². The van der Waals surface area contributed by atoms with E-state index in [2.05, 4.69) is 24.1 Å². The predicted molar refractivity (Wildman–Crippen MR) is 61.0 cm³/mol. The highest BCUT2D eigenvalue weighted by atomic mass is 16.5. The molecule has 0 aromatic carbocycles. The molecule has 1 fully saturated rings. The van der Waals surface area contributed by atoms with Crippen LogP contribution in [-0.4, -0.2) is 61.5 Å². The Labute approximate surface area is 92.6 Å². The highest BCUT2D eigenvalue weighted by Gasteiger charge is 2.27. The van der Waals surface area contributed by atoms with Crippen molar-refractivity contribution in [1.29, 1.82) is 0 Å². The standard InChI is InChI=1S/C11H24N2O2/c1-11(2,15-3)8-10(9-14)13-6-4-12-5-7-13/h10,12,14H,4-9H2,1-3H3. The Morgan fingerprint density at radius 3 is 2.47 bits per heavy atom. The van der Waals surface area contributed by atoms with Gasteiger partial charge in [0.05, 0.1) is 12.2 Å². The summed E-state index contributed by atoms with van der Waals surface area (Å²) in [5.74, 6) is 0. The summed E-state index contributed by atoms with van der Waals surface area (Å²) in [6.45, 7) is 8.42. The zero-order chi connectivity index (χ0) is 11.3. The Kier molecular flexibility index (Phi) is 4.99. The molecule has 1 atom stereocenters. The van der Waals surface area contributed by atoms with Gasteiger partial charge in [-0.25, -0.2) is 0 Å². The predicted octanol–water partition coefficient (Wildman–Crippen LogP) is 0.0676. The smallest absolute Gasteiger partial charge is 0.0638 e. The van der Waals surface area contributed by atoms with Crippen LogP contribution in [0, 0.1) is 0 Å². The first kappa shape index (κ1) is 12.9. The van der Waals surface area contributed by atoms with E-state index in [0.717, 1.165) is 32.6 Å². The Morgan fingerprint density at radius 1 is 1.40 bits per heavy atom. The molecule has 1 rings (SSSR count). The fraction of sp³-hybridized carbons (Fsp3) is 1.00. The molecule has 0 aromatic rings. The molecule has 2 N–H and O–H groups in total. The third-order valence-electron chi connectivity index (χ3n) is 3.16. The first-order chi connectivity index (χ1) is 7.09. The van der Waals surface area contributed by atoms with Gasteiger partial charge in [0.1, 0.15) is 0 Å². The third-order valence-corrected chi connectivity index (χ3v) is 3.16. The van der Waals surface area contributed by atoms with E-state index in [1.54, 1.807) is 7.11 Å². The van der Waals surface area contributed by atoms with Crippen molar-refractivity contribution in [3.05, 3.63) is 0 Å². The van der Waals surface area contributed by atoms with Crippen LogP contribution >= 0.6 is 0 Å². The van der Waals surface area contributed by atoms with Gasteiger partial charge < -0.3 is 15.2 Å². The van der Waals surface area contributed by atoms with Gasteiger partial charge in [0.25, 0.3) is 0 Å². The first-order valence-corrected chi connectivity index (χ1v) is 5.70. The maximum absolute atomic E-state index is 9.42. The fourth-order valence-corrected chi connectivity index (χ4v) is 2.01. The van der Waals surface area contributed by atoms with E-state index in [-0.39, 0.29) is 18.2 Å². The van der Waals surface area contributed by atoms with Crippen LogP contribution in [0.4, 0.5) is 0 Å². The number of rotatable bonds is 5. The molecule has 1 heterocycles. The lowest BCUT2D eigenvalue weighted by molar-refractivity contribution is -0.0209. The zero-order valence-electron chi connectivity index (χ0n) is 10.1. The van der Waals surface area contributed by atoms with Gasteiger partial charge in [-0.05, 0) is 20.3 Å². The summed E-state index contributed by atoms with van der Waals surface area (Å²) in [5, 5.41) is 12.7. The topological polar surface area (TPSA) is 44.7 Å². The number of piperazine rings is 1. The van der Waals surface area contributed by atoms with Gasteiger partial charge in [-0.2, -0.15) is 0 Å². The molecule has 0 radical (unpaired) electrons. The van der Waals surface area contributed by atoms with Crippen molar-refractivity contribution < 1.29 is 9.84 Å². The summed E-state index contributed by atoms with van der Waals surface area (Å²) in [7, 11) is 1.73. The molecule has 90 valence electrons. The molecule has 1 unspecified atom stereocenters. The number of hydrogen-bond acceptors (Lipinski definition) is 4. The lowest BCUT2D eigenvalue weighted by Gasteiger charge is -2.37. The Morgan fingerprint density at radius 2 is 2.00 bits per heavy atom. The van der Waals surface area contributed by atoms with E-state index in [1.807, 2.05) is 0 Å². The Hall–Kier alpha value is -0.160. The van der Waals surface area contributed by atoms with Crippen molar-refractivity contribution in [3.8, 4) is 0 Å². The Balaban J connectivity index is 2.46. The van der Waals surface area contributed by atoms with Crippen LogP contribution in [0.3, 0.4) is 0 Å². The van der Waals surface area contributed by atoms with E-state index < -0.39 is 0 Å². The van der Waals surface area contributed by atoms with Gasteiger partial charge in [0, 0.05) is 39.3 Å². The summed E-state index contributed by atoms with van der Waals surface area (Å²) in [5.41, 5.74) is -0.154. The van der Waals surface area contributed by atoms with E-state index in [0.29, 0.717) is 0 Å². The van der Waals surface area contributed by atoms with Crippen LogP contribution in [0.2, 0.25) is 0 Å². The molecule has 0 spiro atoms. The second kappa shape index (κ2) is 5.80. The van der Waals surface area contributed by atoms with Crippen molar-refractivity contribution in [2.24, 2.45) is 0 Å². The van der Waals surface area contributed by atoms with Gasteiger partial charge in [-0.3, -0.25) is 4.90 Å². The van der Waals surface area contributed by atoms with Crippen molar-refractivity contribution in [2.45, 2.75) is 31.9 Å².